The highest BCUT2D eigenvalue weighted by molar-refractivity contribution is 7.88. The van der Waals surface area contributed by atoms with E-state index in [0.29, 0.717) is 35.2 Å². The maximum absolute atomic E-state index is 11.8. The molecule has 2 aliphatic heterocycles. The predicted octanol–water partition coefficient (Wildman–Crippen LogP) is 3.84. The zero-order valence-corrected chi connectivity index (χ0v) is 19.3. The maximum Gasteiger partial charge on any atom is 0.279 e. The van der Waals surface area contributed by atoms with Crippen molar-refractivity contribution >= 4 is 43.2 Å². The summed E-state index contributed by atoms with van der Waals surface area (Å²) in [4.78, 5) is 6.77. The molecule has 31 heavy (non-hydrogen) atoms. The predicted molar refractivity (Wildman–Crippen MR) is 122 cm³/mol. The molecule has 0 radical (unpaired) electrons. The summed E-state index contributed by atoms with van der Waals surface area (Å²) in [5.41, 5.74) is 0.749. The van der Waals surface area contributed by atoms with Crippen LogP contribution in [0.2, 0.25) is 5.02 Å². The topological polar surface area (TPSA) is 72.0 Å². The second-order valence-corrected chi connectivity index (χ2v) is 11.2. The average Bonchev–Trinajstić information content (AvgIpc) is 3.43. The number of para-hydroxylation sites is 1. The molecule has 0 unspecified atom stereocenters. The minimum atomic E-state index is -3.10. The quantitative estimate of drug-likeness (QED) is 0.512. The lowest BCUT2D eigenvalue weighted by molar-refractivity contribution is 0.153. The molecule has 2 bridgehead atoms. The summed E-state index contributed by atoms with van der Waals surface area (Å²) in [6.45, 7) is 2.70. The number of hydrogen-bond acceptors (Lipinski definition) is 7. The van der Waals surface area contributed by atoms with E-state index in [1.165, 1.54) is 17.6 Å². The zero-order chi connectivity index (χ0) is 21.6. The van der Waals surface area contributed by atoms with E-state index in [-0.39, 0.29) is 6.04 Å². The molecule has 0 saturated carbocycles. The third kappa shape index (κ3) is 4.38. The normalized spacial score (nSPS) is 21.7. The minimum absolute atomic E-state index is 0.105. The SMILES string of the molecule is CS(=O)(=O)N1C[C@H]2C[C@@H]1CN2CCOc1ccc(Oc2nc3c(Cl)cccc3s2)cc1. The van der Waals surface area contributed by atoms with Gasteiger partial charge in [-0.3, -0.25) is 4.90 Å². The molecule has 2 fully saturated rings. The van der Waals surface area contributed by atoms with Gasteiger partial charge in [0.1, 0.15) is 23.6 Å². The molecule has 164 valence electrons. The molecule has 3 aromatic rings. The minimum Gasteiger partial charge on any atom is -0.492 e. The third-order valence-electron chi connectivity index (χ3n) is 5.76. The van der Waals surface area contributed by atoms with Crippen molar-refractivity contribution in [1.29, 1.82) is 0 Å². The fraction of sp³-hybridized carbons (Fsp3) is 0.381. The van der Waals surface area contributed by atoms with E-state index in [1.807, 2.05) is 42.5 Å². The first-order valence-corrected chi connectivity index (χ1v) is 13.1. The summed E-state index contributed by atoms with van der Waals surface area (Å²) in [5.74, 6) is 1.45. The Hall–Kier alpha value is -1.91. The number of thiazole rings is 1. The number of aromatic nitrogens is 1. The van der Waals surface area contributed by atoms with Gasteiger partial charge in [-0.15, -0.1) is 0 Å². The standard InChI is InChI=1S/C21H22ClN3O4S2/c1-31(26,27)25-13-14-11-15(25)12-24(14)9-10-28-16-5-7-17(8-6-16)29-21-23-20-18(22)3-2-4-19(20)30-21/h2-8,14-15H,9-13H2,1H3/t14-,15-/m1/s1. The second-order valence-electron chi connectivity index (χ2n) is 7.86. The highest BCUT2D eigenvalue weighted by atomic mass is 35.5. The van der Waals surface area contributed by atoms with Crippen LogP contribution in [-0.2, 0) is 10.0 Å². The van der Waals surface area contributed by atoms with Crippen molar-refractivity contribution in [2.75, 3.05) is 32.5 Å². The molecule has 0 amide bonds. The Labute approximate surface area is 190 Å². The van der Waals surface area contributed by atoms with Crippen molar-refractivity contribution in [2.24, 2.45) is 0 Å². The van der Waals surface area contributed by atoms with Crippen molar-refractivity contribution in [2.45, 2.75) is 18.5 Å². The highest BCUT2D eigenvalue weighted by Crippen LogP contribution is 2.35. The summed E-state index contributed by atoms with van der Waals surface area (Å²) < 4.78 is 37.9. The lowest BCUT2D eigenvalue weighted by Gasteiger charge is -2.32. The van der Waals surface area contributed by atoms with E-state index in [1.54, 1.807) is 4.31 Å². The Kier molecular flexibility index (Phi) is 5.56. The molecular weight excluding hydrogens is 458 g/mol. The number of benzene rings is 2. The molecule has 2 atom stereocenters. The molecule has 3 heterocycles. The van der Waals surface area contributed by atoms with Gasteiger partial charge in [-0.25, -0.2) is 13.4 Å². The number of hydrogen-bond donors (Lipinski definition) is 0. The summed E-state index contributed by atoms with van der Waals surface area (Å²) in [5, 5.41) is 1.16. The van der Waals surface area contributed by atoms with Gasteiger partial charge in [-0.2, -0.15) is 4.31 Å². The van der Waals surface area contributed by atoms with Crippen molar-refractivity contribution in [3.63, 3.8) is 0 Å². The van der Waals surface area contributed by atoms with Crippen LogP contribution in [0.25, 0.3) is 10.2 Å². The molecule has 0 spiro atoms. The zero-order valence-electron chi connectivity index (χ0n) is 16.9. The smallest absolute Gasteiger partial charge is 0.279 e. The van der Waals surface area contributed by atoms with Gasteiger partial charge in [0.25, 0.3) is 5.19 Å². The molecule has 0 N–H and O–H groups in total. The van der Waals surface area contributed by atoms with Gasteiger partial charge in [-0.1, -0.05) is 29.0 Å². The van der Waals surface area contributed by atoms with Crippen molar-refractivity contribution < 1.29 is 17.9 Å². The molecule has 10 heteroatoms. The third-order valence-corrected chi connectivity index (χ3v) is 8.26. The van der Waals surface area contributed by atoms with Crippen LogP contribution < -0.4 is 9.47 Å². The Morgan fingerprint density at radius 3 is 2.58 bits per heavy atom. The number of rotatable bonds is 7. The Morgan fingerprint density at radius 1 is 1.13 bits per heavy atom. The van der Waals surface area contributed by atoms with Gasteiger partial charge in [0, 0.05) is 31.7 Å². The molecule has 7 nitrogen and oxygen atoms in total. The lowest BCUT2D eigenvalue weighted by Crippen LogP contribution is -2.49. The van der Waals surface area contributed by atoms with E-state index < -0.39 is 10.0 Å². The monoisotopic (exact) mass is 479 g/mol. The van der Waals surface area contributed by atoms with E-state index in [4.69, 9.17) is 21.1 Å². The van der Waals surface area contributed by atoms with Crippen molar-refractivity contribution in [3.8, 4) is 16.7 Å². The van der Waals surface area contributed by atoms with Crippen molar-refractivity contribution in [3.05, 3.63) is 47.5 Å². The summed E-state index contributed by atoms with van der Waals surface area (Å²) >= 11 is 7.63. The number of likely N-dealkylation sites (tertiary alicyclic amines) is 1. The van der Waals surface area contributed by atoms with Gasteiger partial charge in [-0.05, 0) is 42.8 Å². The first kappa shape index (κ1) is 21.0. The fourth-order valence-corrected chi connectivity index (χ4v) is 6.59. The van der Waals surface area contributed by atoms with Gasteiger partial charge < -0.3 is 9.47 Å². The fourth-order valence-electron chi connectivity index (χ4n) is 4.32. The Morgan fingerprint density at radius 2 is 1.90 bits per heavy atom. The average molecular weight is 480 g/mol. The first-order chi connectivity index (χ1) is 14.9. The van der Waals surface area contributed by atoms with E-state index in [2.05, 4.69) is 9.88 Å². The van der Waals surface area contributed by atoms with E-state index in [0.717, 1.165) is 35.5 Å². The van der Waals surface area contributed by atoms with E-state index in [9.17, 15) is 8.42 Å². The Bertz CT molecular complexity index is 1200. The van der Waals surface area contributed by atoms with E-state index >= 15 is 0 Å². The lowest BCUT2D eigenvalue weighted by atomic mass is 10.2. The van der Waals surface area contributed by atoms with Gasteiger partial charge in [0.2, 0.25) is 10.0 Å². The number of fused-ring (bicyclic) bond motifs is 3. The van der Waals surface area contributed by atoms with Crippen LogP contribution in [0.3, 0.4) is 0 Å². The summed E-state index contributed by atoms with van der Waals surface area (Å²) in [7, 11) is -3.10. The number of halogens is 1. The molecular formula is C21H22ClN3O4S2. The van der Waals surface area contributed by atoms with Crippen LogP contribution in [0, 0.1) is 0 Å². The Balaban J connectivity index is 1.12. The molecule has 0 aliphatic carbocycles. The summed E-state index contributed by atoms with van der Waals surface area (Å²) in [6, 6.07) is 13.5. The number of piperazine rings is 1. The molecule has 1 aromatic heterocycles. The van der Waals surface area contributed by atoms with Crippen LogP contribution in [0.5, 0.6) is 16.7 Å². The van der Waals surface area contributed by atoms with Crippen LogP contribution in [0.4, 0.5) is 0 Å². The largest absolute Gasteiger partial charge is 0.492 e. The van der Waals surface area contributed by atoms with Crippen LogP contribution in [0.1, 0.15) is 6.42 Å². The van der Waals surface area contributed by atoms with Gasteiger partial charge in [0.15, 0.2) is 0 Å². The number of nitrogens with zero attached hydrogens (tertiary/aromatic N) is 3. The second kappa shape index (κ2) is 8.22. The van der Waals surface area contributed by atoms with Crippen LogP contribution in [-0.4, -0.2) is 67.2 Å². The molecule has 2 aliphatic rings. The number of ether oxygens (including phenoxy) is 2. The van der Waals surface area contributed by atoms with Crippen molar-refractivity contribution in [1.82, 2.24) is 14.2 Å². The molecule has 5 rings (SSSR count). The van der Waals surface area contributed by atoms with Gasteiger partial charge in [0.05, 0.1) is 16.0 Å². The van der Waals surface area contributed by atoms with Crippen LogP contribution >= 0.6 is 22.9 Å². The number of sulfonamides is 1. The highest BCUT2D eigenvalue weighted by Gasteiger charge is 2.46. The summed E-state index contributed by atoms with van der Waals surface area (Å²) in [6.07, 6.45) is 2.20. The van der Waals surface area contributed by atoms with Gasteiger partial charge >= 0.3 is 0 Å². The first-order valence-electron chi connectivity index (χ1n) is 10.0. The van der Waals surface area contributed by atoms with Crippen LogP contribution in [0.15, 0.2) is 42.5 Å². The molecule has 2 saturated heterocycles. The molecule has 2 aromatic carbocycles. The maximum atomic E-state index is 11.8.